The molecule has 0 aliphatic heterocycles. The summed E-state index contributed by atoms with van der Waals surface area (Å²) in [5.41, 5.74) is 1.51. The quantitative estimate of drug-likeness (QED) is 0.567. The second-order valence-electron chi connectivity index (χ2n) is 2.90. The SMILES string of the molecule is CCOc1ccc(C=CCCl)cc1C=O. The van der Waals surface area contributed by atoms with Gasteiger partial charge in [0.2, 0.25) is 0 Å². The molecule has 0 aliphatic carbocycles. The first kappa shape index (κ1) is 11.8. The maximum atomic E-state index is 10.8. The third kappa shape index (κ3) is 3.40. The molecule has 0 atom stereocenters. The van der Waals surface area contributed by atoms with E-state index in [0.29, 0.717) is 23.8 Å². The molecule has 0 aromatic heterocycles. The molecular formula is C12H13ClO2. The Hall–Kier alpha value is -1.28. The van der Waals surface area contributed by atoms with Crippen LogP contribution in [0.4, 0.5) is 0 Å². The average molecular weight is 225 g/mol. The Bertz CT molecular complexity index is 359. The van der Waals surface area contributed by atoms with Crippen LogP contribution in [0.2, 0.25) is 0 Å². The van der Waals surface area contributed by atoms with Crippen molar-refractivity contribution < 1.29 is 9.53 Å². The summed E-state index contributed by atoms with van der Waals surface area (Å²) >= 11 is 5.53. The summed E-state index contributed by atoms with van der Waals surface area (Å²) in [6.45, 7) is 2.44. The Kier molecular flexibility index (Phi) is 4.91. The van der Waals surface area contributed by atoms with Crippen molar-refractivity contribution in [3.63, 3.8) is 0 Å². The van der Waals surface area contributed by atoms with Gasteiger partial charge in [-0.15, -0.1) is 11.6 Å². The number of aldehydes is 1. The monoisotopic (exact) mass is 224 g/mol. The highest BCUT2D eigenvalue weighted by Gasteiger charge is 2.02. The van der Waals surface area contributed by atoms with Gasteiger partial charge in [0.05, 0.1) is 12.2 Å². The molecular weight excluding hydrogens is 212 g/mol. The molecule has 2 nitrogen and oxygen atoms in total. The Morgan fingerprint density at radius 2 is 2.27 bits per heavy atom. The fourth-order valence-corrected chi connectivity index (χ4v) is 1.32. The van der Waals surface area contributed by atoms with Crippen molar-refractivity contribution >= 4 is 24.0 Å². The van der Waals surface area contributed by atoms with E-state index >= 15 is 0 Å². The predicted molar refractivity (Wildman–Crippen MR) is 62.8 cm³/mol. The first-order valence-electron chi connectivity index (χ1n) is 4.76. The van der Waals surface area contributed by atoms with Crippen LogP contribution in [0.1, 0.15) is 22.8 Å². The number of hydrogen-bond acceptors (Lipinski definition) is 2. The van der Waals surface area contributed by atoms with E-state index in [1.165, 1.54) is 0 Å². The highest BCUT2D eigenvalue weighted by Crippen LogP contribution is 2.19. The minimum atomic E-state index is 0.462. The van der Waals surface area contributed by atoms with E-state index in [1.54, 1.807) is 12.1 Å². The molecule has 0 saturated heterocycles. The summed E-state index contributed by atoms with van der Waals surface area (Å²) in [7, 11) is 0. The first-order chi connectivity index (χ1) is 7.31. The molecule has 1 rings (SSSR count). The smallest absolute Gasteiger partial charge is 0.153 e. The van der Waals surface area contributed by atoms with Crippen LogP contribution in [-0.2, 0) is 0 Å². The maximum Gasteiger partial charge on any atom is 0.153 e. The average Bonchev–Trinajstić information content (AvgIpc) is 2.28. The largest absolute Gasteiger partial charge is 0.493 e. The van der Waals surface area contributed by atoms with E-state index in [9.17, 15) is 4.79 Å². The molecule has 0 saturated carbocycles. The number of carbonyl (C=O) groups excluding carboxylic acids is 1. The van der Waals surface area contributed by atoms with E-state index in [1.807, 2.05) is 25.1 Å². The van der Waals surface area contributed by atoms with Gasteiger partial charge in [0.15, 0.2) is 6.29 Å². The second-order valence-corrected chi connectivity index (χ2v) is 3.21. The van der Waals surface area contributed by atoms with Crippen molar-refractivity contribution in [3.05, 3.63) is 35.4 Å². The molecule has 1 aromatic carbocycles. The van der Waals surface area contributed by atoms with Crippen molar-refractivity contribution in [2.75, 3.05) is 12.5 Å². The normalized spacial score (nSPS) is 10.5. The number of alkyl halides is 1. The van der Waals surface area contributed by atoms with E-state index < -0.39 is 0 Å². The Balaban J connectivity index is 2.96. The highest BCUT2D eigenvalue weighted by atomic mass is 35.5. The summed E-state index contributed by atoms with van der Waals surface area (Å²) in [6, 6.07) is 5.46. The fourth-order valence-electron chi connectivity index (χ4n) is 1.23. The van der Waals surface area contributed by atoms with Gasteiger partial charge in [-0.05, 0) is 24.6 Å². The molecule has 0 fully saturated rings. The van der Waals surface area contributed by atoms with Crippen LogP contribution < -0.4 is 4.74 Å². The molecule has 0 amide bonds. The highest BCUT2D eigenvalue weighted by molar-refractivity contribution is 6.19. The molecule has 0 N–H and O–H groups in total. The lowest BCUT2D eigenvalue weighted by atomic mass is 10.1. The standard InChI is InChI=1S/C12H13ClO2/c1-2-15-12-6-5-10(4-3-7-13)8-11(12)9-14/h3-6,8-9H,2,7H2,1H3. The van der Waals surface area contributed by atoms with Gasteiger partial charge in [-0.1, -0.05) is 18.2 Å². The number of allylic oxidation sites excluding steroid dienone is 1. The van der Waals surface area contributed by atoms with Gasteiger partial charge < -0.3 is 4.74 Å². The van der Waals surface area contributed by atoms with Crippen LogP contribution in [0.3, 0.4) is 0 Å². The predicted octanol–water partition coefficient (Wildman–Crippen LogP) is 3.15. The van der Waals surface area contributed by atoms with Gasteiger partial charge >= 0.3 is 0 Å². The molecule has 0 heterocycles. The van der Waals surface area contributed by atoms with Crippen molar-refractivity contribution in [1.29, 1.82) is 0 Å². The Morgan fingerprint density at radius 1 is 1.47 bits per heavy atom. The van der Waals surface area contributed by atoms with E-state index in [0.717, 1.165) is 11.8 Å². The number of benzene rings is 1. The van der Waals surface area contributed by atoms with Gasteiger partial charge in [-0.25, -0.2) is 0 Å². The molecule has 0 bridgehead atoms. The van der Waals surface area contributed by atoms with Crippen molar-refractivity contribution in [1.82, 2.24) is 0 Å². The summed E-state index contributed by atoms with van der Waals surface area (Å²) in [5.74, 6) is 1.08. The Labute approximate surface area is 94.5 Å². The van der Waals surface area contributed by atoms with Crippen LogP contribution in [-0.4, -0.2) is 18.8 Å². The molecule has 3 heteroatoms. The lowest BCUT2D eigenvalue weighted by Gasteiger charge is -2.06. The molecule has 80 valence electrons. The van der Waals surface area contributed by atoms with Gasteiger partial charge in [0, 0.05) is 5.88 Å². The third-order valence-electron chi connectivity index (χ3n) is 1.86. The van der Waals surface area contributed by atoms with E-state index in [-0.39, 0.29) is 0 Å². The van der Waals surface area contributed by atoms with Crippen LogP contribution in [0.25, 0.3) is 6.08 Å². The van der Waals surface area contributed by atoms with Gasteiger partial charge in [-0.3, -0.25) is 4.79 Å². The van der Waals surface area contributed by atoms with Crippen molar-refractivity contribution in [2.45, 2.75) is 6.92 Å². The van der Waals surface area contributed by atoms with E-state index in [4.69, 9.17) is 16.3 Å². The lowest BCUT2D eigenvalue weighted by Crippen LogP contribution is -1.96. The van der Waals surface area contributed by atoms with Crippen LogP contribution in [0, 0.1) is 0 Å². The molecule has 1 aromatic rings. The maximum absolute atomic E-state index is 10.8. The molecule has 0 unspecified atom stereocenters. The number of ether oxygens (including phenoxy) is 1. The molecule has 15 heavy (non-hydrogen) atoms. The number of hydrogen-bond donors (Lipinski definition) is 0. The molecule has 0 aliphatic rings. The number of halogens is 1. The zero-order chi connectivity index (χ0) is 11.1. The summed E-state index contributed by atoms with van der Waals surface area (Å²) in [5, 5.41) is 0. The van der Waals surface area contributed by atoms with Gasteiger partial charge in [0.1, 0.15) is 5.75 Å². The zero-order valence-electron chi connectivity index (χ0n) is 8.57. The van der Waals surface area contributed by atoms with Gasteiger partial charge in [0.25, 0.3) is 0 Å². The molecule has 0 spiro atoms. The second kappa shape index (κ2) is 6.25. The molecule has 0 radical (unpaired) electrons. The van der Waals surface area contributed by atoms with Crippen molar-refractivity contribution in [3.8, 4) is 5.75 Å². The lowest BCUT2D eigenvalue weighted by molar-refractivity contribution is 0.112. The minimum absolute atomic E-state index is 0.462. The minimum Gasteiger partial charge on any atom is -0.493 e. The Morgan fingerprint density at radius 3 is 2.87 bits per heavy atom. The summed E-state index contributed by atoms with van der Waals surface area (Å²) in [6.07, 6.45) is 4.49. The van der Waals surface area contributed by atoms with Crippen LogP contribution in [0.15, 0.2) is 24.3 Å². The first-order valence-corrected chi connectivity index (χ1v) is 5.29. The number of rotatable bonds is 5. The van der Waals surface area contributed by atoms with E-state index in [2.05, 4.69) is 0 Å². The van der Waals surface area contributed by atoms with Crippen molar-refractivity contribution in [2.24, 2.45) is 0 Å². The summed E-state index contributed by atoms with van der Waals surface area (Å²) < 4.78 is 5.31. The zero-order valence-corrected chi connectivity index (χ0v) is 9.33. The number of carbonyl (C=O) groups is 1. The van der Waals surface area contributed by atoms with Crippen LogP contribution >= 0.6 is 11.6 Å². The fraction of sp³-hybridized carbons (Fsp3) is 0.250. The topological polar surface area (TPSA) is 26.3 Å². The third-order valence-corrected chi connectivity index (χ3v) is 2.04. The summed E-state index contributed by atoms with van der Waals surface area (Å²) in [4.78, 5) is 10.8. The van der Waals surface area contributed by atoms with Gasteiger partial charge in [-0.2, -0.15) is 0 Å². The van der Waals surface area contributed by atoms with Crippen LogP contribution in [0.5, 0.6) is 5.75 Å².